The first-order chi connectivity index (χ1) is 9.80. The molecule has 0 aromatic heterocycles. The molecule has 1 heteroatoms. The highest BCUT2D eigenvalue weighted by Gasteiger charge is 2.46. The Balaban J connectivity index is 2.04. The van der Waals surface area contributed by atoms with Crippen LogP contribution in [0.4, 0.5) is 0 Å². The van der Waals surface area contributed by atoms with E-state index in [0.29, 0.717) is 0 Å². The van der Waals surface area contributed by atoms with Crippen LogP contribution >= 0.6 is 0 Å². The van der Waals surface area contributed by atoms with Crippen LogP contribution in [0.1, 0.15) is 57.9 Å². The number of hydrogen-bond acceptors (Lipinski definition) is 1. The van der Waals surface area contributed by atoms with Crippen LogP contribution in [0.25, 0.3) is 0 Å². The van der Waals surface area contributed by atoms with Crippen LogP contribution in [0.3, 0.4) is 0 Å². The molecular weight excluding hydrogens is 242 g/mol. The Morgan fingerprint density at radius 2 is 1.60 bits per heavy atom. The SMILES string of the molecule is CCCCN(CCCC)C1(C#Cc2ccccc2)CC1. The van der Waals surface area contributed by atoms with Crippen LogP contribution in [-0.2, 0) is 0 Å². The summed E-state index contributed by atoms with van der Waals surface area (Å²) in [5.41, 5.74) is 1.34. The first kappa shape index (κ1) is 15.1. The van der Waals surface area contributed by atoms with Crippen molar-refractivity contribution in [3.8, 4) is 11.8 Å². The van der Waals surface area contributed by atoms with Gasteiger partial charge in [-0.25, -0.2) is 0 Å². The summed E-state index contributed by atoms with van der Waals surface area (Å²) < 4.78 is 0. The average molecular weight is 269 g/mol. The lowest BCUT2D eigenvalue weighted by atomic mass is 10.1. The van der Waals surface area contributed by atoms with Crippen molar-refractivity contribution in [2.75, 3.05) is 13.1 Å². The Morgan fingerprint density at radius 3 is 2.10 bits per heavy atom. The summed E-state index contributed by atoms with van der Waals surface area (Å²) in [6.45, 7) is 6.96. The van der Waals surface area contributed by atoms with E-state index in [-0.39, 0.29) is 5.54 Å². The van der Waals surface area contributed by atoms with Gasteiger partial charge in [-0.05, 0) is 50.9 Å². The molecule has 0 spiro atoms. The molecule has 0 heterocycles. The predicted octanol–water partition coefficient (Wildman–Crippen LogP) is 4.47. The first-order valence-electron chi connectivity index (χ1n) is 8.14. The van der Waals surface area contributed by atoms with Crippen LogP contribution in [0.5, 0.6) is 0 Å². The summed E-state index contributed by atoms with van der Waals surface area (Å²) in [5, 5.41) is 0. The fraction of sp³-hybridized carbons (Fsp3) is 0.579. The summed E-state index contributed by atoms with van der Waals surface area (Å²) in [7, 11) is 0. The molecule has 0 aliphatic heterocycles. The van der Waals surface area contributed by atoms with Crippen molar-refractivity contribution in [2.24, 2.45) is 0 Å². The van der Waals surface area contributed by atoms with Gasteiger partial charge in [0.25, 0.3) is 0 Å². The van der Waals surface area contributed by atoms with Gasteiger partial charge in [0.05, 0.1) is 5.54 Å². The number of rotatable bonds is 7. The summed E-state index contributed by atoms with van der Waals surface area (Å²) in [6.07, 6.45) is 7.62. The van der Waals surface area contributed by atoms with Gasteiger partial charge in [0.2, 0.25) is 0 Å². The minimum Gasteiger partial charge on any atom is -0.287 e. The molecule has 0 saturated heterocycles. The van der Waals surface area contributed by atoms with Gasteiger partial charge in [-0.1, -0.05) is 56.7 Å². The second kappa shape index (κ2) is 7.50. The molecule has 2 rings (SSSR count). The fourth-order valence-electron chi connectivity index (χ4n) is 2.59. The minimum atomic E-state index is 0.195. The van der Waals surface area contributed by atoms with E-state index in [4.69, 9.17) is 0 Å². The molecule has 0 unspecified atom stereocenters. The largest absolute Gasteiger partial charge is 0.287 e. The van der Waals surface area contributed by atoms with Crippen molar-refractivity contribution in [1.82, 2.24) is 4.90 Å². The van der Waals surface area contributed by atoms with Gasteiger partial charge in [0, 0.05) is 5.56 Å². The van der Waals surface area contributed by atoms with Crippen molar-refractivity contribution in [2.45, 2.75) is 57.9 Å². The molecule has 1 fully saturated rings. The van der Waals surface area contributed by atoms with E-state index in [1.54, 1.807) is 0 Å². The highest BCUT2D eigenvalue weighted by molar-refractivity contribution is 5.39. The molecule has 0 N–H and O–H groups in total. The van der Waals surface area contributed by atoms with E-state index >= 15 is 0 Å². The van der Waals surface area contributed by atoms with Crippen molar-refractivity contribution >= 4 is 0 Å². The van der Waals surface area contributed by atoms with Crippen LogP contribution in [0.2, 0.25) is 0 Å². The maximum atomic E-state index is 3.58. The third kappa shape index (κ3) is 4.12. The lowest BCUT2D eigenvalue weighted by Gasteiger charge is -2.28. The van der Waals surface area contributed by atoms with E-state index in [1.165, 1.54) is 51.6 Å². The normalized spacial score (nSPS) is 15.8. The Bertz CT molecular complexity index is 440. The van der Waals surface area contributed by atoms with Gasteiger partial charge in [-0.3, -0.25) is 4.90 Å². The molecule has 1 aliphatic carbocycles. The summed E-state index contributed by atoms with van der Waals surface area (Å²) in [5.74, 6) is 6.97. The number of benzene rings is 1. The van der Waals surface area contributed by atoms with Gasteiger partial charge < -0.3 is 0 Å². The van der Waals surface area contributed by atoms with Crippen LogP contribution in [0.15, 0.2) is 30.3 Å². The molecule has 1 aromatic carbocycles. The molecule has 0 amide bonds. The van der Waals surface area contributed by atoms with E-state index in [9.17, 15) is 0 Å². The second-order valence-corrected chi connectivity index (χ2v) is 5.84. The van der Waals surface area contributed by atoms with Gasteiger partial charge in [0.15, 0.2) is 0 Å². The lowest BCUT2D eigenvalue weighted by Crippen LogP contribution is -2.38. The number of nitrogens with zero attached hydrogens (tertiary/aromatic N) is 1. The smallest absolute Gasteiger partial charge is 0.0831 e. The van der Waals surface area contributed by atoms with E-state index in [1.807, 2.05) is 6.07 Å². The van der Waals surface area contributed by atoms with Crippen molar-refractivity contribution in [3.05, 3.63) is 35.9 Å². The molecule has 0 bridgehead atoms. The van der Waals surface area contributed by atoms with E-state index < -0.39 is 0 Å². The molecule has 0 radical (unpaired) electrons. The van der Waals surface area contributed by atoms with Gasteiger partial charge in [0.1, 0.15) is 0 Å². The standard InChI is InChI=1S/C19H27N/c1-3-5-16-20(17-6-4-2)19(14-15-19)13-12-18-10-8-7-9-11-18/h7-11H,3-6,14-17H2,1-2H3. The van der Waals surface area contributed by atoms with E-state index in [2.05, 4.69) is 54.9 Å². The Morgan fingerprint density at radius 1 is 1.00 bits per heavy atom. The highest BCUT2D eigenvalue weighted by Crippen LogP contribution is 2.41. The summed E-state index contributed by atoms with van der Waals surface area (Å²) in [6, 6.07) is 10.4. The van der Waals surface area contributed by atoms with Crippen molar-refractivity contribution in [1.29, 1.82) is 0 Å². The molecule has 0 atom stereocenters. The molecule has 1 saturated carbocycles. The zero-order chi connectivity index (χ0) is 14.3. The highest BCUT2D eigenvalue weighted by atomic mass is 15.2. The molecule has 20 heavy (non-hydrogen) atoms. The first-order valence-corrected chi connectivity index (χ1v) is 8.14. The van der Waals surface area contributed by atoms with Crippen LogP contribution in [0, 0.1) is 11.8 Å². The number of hydrogen-bond donors (Lipinski definition) is 0. The molecular formula is C19H27N. The molecule has 108 valence electrons. The maximum Gasteiger partial charge on any atom is 0.0831 e. The monoisotopic (exact) mass is 269 g/mol. The van der Waals surface area contributed by atoms with Gasteiger partial charge in [-0.2, -0.15) is 0 Å². The number of unbranched alkanes of at least 4 members (excludes halogenated alkanes) is 2. The third-order valence-electron chi connectivity index (χ3n) is 4.11. The summed E-state index contributed by atoms with van der Waals surface area (Å²) in [4.78, 5) is 2.65. The fourth-order valence-corrected chi connectivity index (χ4v) is 2.59. The zero-order valence-corrected chi connectivity index (χ0v) is 13.0. The third-order valence-corrected chi connectivity index (χ3v) is 4.11. The molecule has 1 aromatic rings. The topological polar surface area (TPSA) is 3.24 Å². The minimum absolute atomic E-state index is 0.195. The Kier molecular flexibility index (Phi) is 5.68. The van der Waals surface area contributed by atoms with Crippen LogP contribution < -0.4 is 0 Å². The maximum absolute atomic E-state index is 3.58. The van der Waals surface area contributed by atoms with Gasteiger partial charge in [-0.15, -0.1) is 0 Å². The second-order valence-electron chi connectivity index (χ2n) is 5.84. The predicted molar refractivity (Wildman–Crippen MR) is 86.7 cm³/mol. The summed E-state index contributed by atoms with van der Waals surface area (Å²) >= 11 is 0. The molecule has 1 aliphatic rings. The Labute approximate surface area is 124 Å². The quantitative estimate of drug-likeness (QED) is 0.660. The van der Waals surface area contributed by atoms with Crippen LogP contribution in [-0.4, -0.2) is 23.5 Å². The van der Waals surface area contributed by atoms with Crippen molar-refractivity contribution in [3.63, 3.8) is 0 Å². The van der Waals surface area contributed by atoms with E-state index in [0.717, 1.165) is 5.56 Å². The van der Waals surface area contributed by atoms with Crippen molar-refractivity contribution < 1.29 is 0 Å². The lowest BCUT2D eigenvalue weighted by molar-refractivity contribution is 0.213. The molecule has 1 nitrogen and oxygen atoms in total. The average Bonchev–Trinajstić information content (AvgIpc) is 3.27. The Hall–Kier alpha value is -1.26. The van der Waals surface area contributed by atoms with Gasteiger partial charge >= 0.3 is 0 Å². The zero-order valence-electron chi connectivity index (χ0n) is 13.0.